The fraction of sp³-hybridized carbons (Fsp3) is 0.188. The van der Waals surface area contributed by atoms with Gasteiger partial charge in [0.15, 0.2) is 5.78 Å². The summed E-state index contributed by atoms with van der Waals surface area (Å²) in [5.74, 6) is 0.211. The van der Waals surface area contributed by atoms with Crippen molar-refractivity contribution in [3.8, 4) is 5.75 Å². The van der Waals surface area contributed by atoms with Crippen molar-refractivity contribution in [3.05, 3.63) is 63.9 Å². The van der Waals surface area contributed by atoms with Gasteiger partial charge in [-0.15, -0.1) is 0 Å². The van der Waals surface area contributed by atoms with Gasteiger partial charge in [0.05, 0.1) is 12.2 Å². The van der Waals surface area contributed by atoms with Gasteiger partial charge in [-0.25, -0.2) is 4.39 Å². The number of hydrogen-bond acceptors (Lipinski definition) is 2. The van der Waals surface area contributed by atoms with E-state index in [0.29, 0.717) is 17.9 Å². The highest BCUT2D eigenvalue weighted by Gasteiger charge is 2.14. The zero-order valence-electron chi connectivity index (χ0n) is 11.0. The smallest absolute Gasteiger partial charge is 0.170 e. The van der Waals surface area contributed by atoms with E-state index >= 15 is 0 Å². The summed E-state index contributed by atoms with van der Waals surface area (Å²) in [6.07, 6.45) is 0.219. The minimum absolute atomic E-state index is 0.0543. The van der Waals surface area contributed by atoms with Crippen LogP contribution in [0.2, 0.25) is 0 Å². The zero-order chi connectivity index (χ0) is 14.5. The molecular formula is C16H14BrFO2. The predicted octanol–water partition coefficient (Wildman–Crippen LogP) is 4.41. The van der Waals surface area contributed by atoms with Gasteiger partial charge < -0.3 is 4.74 Å². The summed E-state index contributed by atoms with van der Waals surface area (Å²) in [4.78, 5) is 12.4. The lowest BCUT2D eigenvalue weighted by Gasteiger charge is -2.10. The molecule has 2 aromatic carbocycles. The van der Waals surface area contributed by atoms with E-state index in [1.54, 1.807) is 24.3 Å². The Morgan fingerprint density at radius 3 is 2.55 bits per heavy atom. The fourth-order valence-corrected chi connectivity index (χ4v) is 2.25. The Labute approximate surface area is 125 Å². The molecule has 4 heteroatoms. The first-order valence-electron chi connectivity index (χ1n) is 6.30. The Morgan fingerprint density at radius 2 is 1.90 bits per heavy atom. The average molecular weight is 337 g/mol. The van der Waals surface area contributed by atoms with Crippen molar-refractivity contribution in [1.82, 2.24) is 0 Å². The van der Waals surface area contributed by atoms with Gasteiger partial charge in [0.2, 0.25) is 0 Å². The van der Waals surface area contributed by atoms with Gasteiger partial charge >= 0.3 is 0 Å². The third-order valence-corrected chi connectivity index (χ3v) is 3.31. The molecule has 0 spiro atoms. The van der Waals surface area contributed by atoms with E-state index in [-0.39, 0.29) is 18.0 Å². The molecule has 20 heavy (non-hydrogen) atoms. The Hall–Kier alpha value is -1.68. The summed E-state index contributed by atoms with van der Waals surface area (Å²) >= 11 is 3.35. The number of carbonyl (C=O) groups is 1. The Bertz CT molecular complexity index is 608. The first-order chi connectivity index (χ1) is 9.60. The SMILES string of the molecule is CCOc1ccc(Br)cc1C(=O)Cc1ccc(F)cc1. The van der Waals surface area contributed by atoms with Crippen molar-refractivity contribution in [3.63, 3.8) is 0 Å². The first-order valence-corrected chi connectivity index (χ1v) is 7.09. The molecule has 0 unspecified atom stereocenters. The molecule has 2 aromatic rings. The summed E-state index contributed by atoms with van der Waals surface area (Å²) in [6, 6.07) is 11.3. The molecule has 0 atom stereocenters. The molecule has 0 fully saturated rings. The number of carbonyl (C=O) groups excluding carboxylic acids is 1. The number of Topliss-reactive ketones (excluding diaryl/α,β-unsaturated/α-hetero) is 1. The Kier molecular flexibility index (Phi) is 4.90. The zero-order valence-corrected chi connectivity index (χ0v) is 12.6. The lowest BCUT2D eigenvalue weighted by Crippen LogP contribution is -2.07. The lowest BCUT2D eigenvalue weighted by molar-refractivity contribution is 0.0989. The topological polar surface area (TPSA) is 26.3 Å². The first kappa shape index (κ1) is 14.7. The van der Waals surface area contributed by atoms with Crippen LogP contribution in [0.1, 0.15) is 22.8 Å². The van der Waals surface area contributed by atoms with E-state index in [2.05, 4.69) is 15.9 Å². The van der Waals surface area contributed by atoms with Gasteiger partial charge in [0, 0.05) is 10.9 Å². The maximum Gasteiger partial charge on any atom is 0.170 e. The lowest BCUT2D eigenvalue weighted by atomic mass is 10.0. The van der Waals surface area contributed by atoms with Crippen LogP contribution in [0, 0.1) is 5.82 Å². The van der Waals surface area contributed by atoms with Crippen LogP contribution < -0.4 is 4.74 Å². The van der Waals surface area contributed by atoms with Crippen molar-refractivity contribution < 1.29 is 13.9 Å². The summed E-state index contributed by atoms with van der Waals surface area (Å²) in [5, 5.41) is 0. The normalized spacial score (nSPS) is 10.3. The van der Waals surface area contributed by atoms with Crippen molar-refractivity contribution in [2.24, 2.45) is 0 Å². The monoisotopic (exact) mass is 336 g/mol. The van der Waals surface area contributed by atoms with Crippen molar-refractivity contribution in [2.75, 3.05) is 6.61 Å². The van der Waals surface area contributed by atoms with Crippen molar-refractivity contribution in [1.29, 1.82) is 0 Å². The summed E-state index contributed by atoms with van der Waals surface area (Å²) in [7, 11) is 0. The van der Waals surface area contributed by atoms with E-state index in [1.807, 2.05) is 13.0 Å². The van der Waals surface area contributed by atoms with Crippen molar-refractivity contribution in [2.45, 2.75) is 13.3 Å². The minimum Gasteiger partial charge on any atom is -0.493 e. The molecule has 0 amide bonds. The summed E-state index contributed by atoms with van der Waals surface area (Å²) < 4.78 is 19.1. The van der Waals surface area contributed by atoms with Gasteiger partial charge in [-0.1, -0.05) is 28.1 Å². The highest BCUT2D eigenvalue weighted by Crippen LogP contribution is 2.25. The molecule has 104 valence electrons. The minimum atomic E-state index is -0.307. The third kappa shape index (κ3) is 3.67. The molecule has 0 bridgehead atoms. The largest absolute Gasteiger partial charge is 0.493 e. The molecule has 0 heterocycles. The molecule has 2 rings (SSSR count). The maximum absolute atomic E-state index is 12.9. The quantitative estimate of drug-likeness (QED) is 0.756. The second-order valence-electron chi connectivity index (χ2n) is 4.30. The van der Waals surface area contributed by atoms with Crippen molar-refractivity contribution >= 4 is 21.7 Å². The van der Waals surface area contributed by atoms with Crippen LogP contribution in [0.5, 0.6) is 5.75 Å². The molecule has 0 radical (unpaired) electrons. The van der Waals surface area contributed by atoms with Crippen LogP contribution in [0.25, 0.3) is 0 Å². The number of benzene rings is 2. The van der Waals surface area contributed by atoms with E-state index in [1.165, 1.54) is 12.1 Å². The summed E-state index contributed by atoms with van der Waals surface area (Å²) in [5.41, 5.74) is 1.31. The van der Waals surface area contributed by atoms with Gasteiger partial charge in [0.1, 0.15) is 11.6 Å². The molecule has 0 aliphatic carbocycles. The standard InChI is InChI=1S/C16H14BrFO2/c1-2-20-16-8-5-12(17)10-14(16)15(19)9-11-3-6-13(18)7-4-11/h3-8,10H,2,9H2,1H3. The second-order valence-corrected chi connectivity index (χ2v) is 5.22. The molecule has 0 saturated heterocycles. The summed E-state index contributed by atoms with van der Waals surface area (Å²) in [6.45, 7) is 2.37. The molecule has 0 N–H and O–H groups in total. The van der Waals surface area contributed by atoms with Crippen LogP contribution in [0.4, 0.5) is 4.39 Å². The third-order valence-electron chi connectivity index (χ3n) is 2.82. The maximum atomic E-state index is 12.9. The van der Waals surface area contributed by atoms with E-state index < -0.39 is 0 Å². The number of rotatable bonds is 5. The molecule has 0 aliphatic heterocycles. The molecule has 0 saturated carbocycles. The highest BCUT2D eigenvalue weighted by molar-refractivity contribution is 9.10. The Balaban J connectivity index is 2.23. The van der Waals surface area contributed by atoms with Crippen LogP contribution in [-0.2, 0) is 6.42 Å². The predicted molar refractivity (Wildman–Crippen MR) is 79.7 cm³/mol. The highest BCUT2D eigenvalue weighted by atomic mass is 79.9. The number of hydrogen-bond donors (Lipinski definition) is 0. The van der Waals surface area contributed by atoms with Gasteiger partial charge in [0.25, 0.3) is 0 Å². The second kappa shape index (κ2) is 6.66. The number of ketones is 1. The molecule has 2 nitrogen and oxygen atoms in total. The molecular weight excluding hydrogens is 323 g/mol. The van der Waals surface area contributed by atoms with Crippen LogP contribution in [0.3, 0.4) is 0 Å². The average Bonchev–Trinajstić information content (AvgIpc) is 2.43. The number of ether oxygens (including phenoxy) is 1. The van der Waals surface area contributed by atoms with Crippen LogP contribution in [-0.4, -0.2) is 12.4 Å². The van der Waals surface area contributed by atoms with Crippen LogP contribution in [0.15, 0.2) is 46.9 Å². The van der Waals surface area contributed by atoms with Gasteiger partial charge in [-0.3, -0.25) is 4.79 Å². The van der Waals surface area contributed by atoms with Gasteiger partial charge in [-0.2, -0.15) is 0 Å². The number of halogens is 2. The molecule has 0 aromatic heterocycles. The van der Waals surface area contributed by atoms with E-state index in [0.717, 1.165) is 10.0 Å². The van der Waals surface area contributed by atoms with E-state index in [9.17, 15) is 9.18 Å². The van der Waals surface area contributed by atoms with E-state index in [4.69, 9.17) is 4.74 Å². The molecule has 0 aliphatic rings. The fourth-order valence-electron chi connectivity index (χ4n) is 1.88. The van der Waals surface area contributed by atoms with Crippen LogP contribution >= 0.6 is 15.9 Å². The van der Waals surface area contributed by atoms with Gasteiger partial charge in [-0.05, 0) is 42.8 Å². The Morgan fingerprint density at radius 1 is 1.20 bits per heavy atom.